The van der Waals surface area contributed by atoms with E-state index >= 15 is 0 Å². The zero-order valence-corrected chi connectivity index (χ0v) is 30.8. The van der Waals surface area contributed by atoms with E-state index < -0.39 is 46.7 Å². The summed E-state index contributed by atoms with van der Waals surface area (Å²) < 4.78 is 0. The molecule has 0 spiro atoms. The standard InChI is InChI=1S/2C13H10N2.2C7H5NO4.Ni.3H2O/c2*14-13-9-5-1-3-7-11(9)15-12-8-4-2-6-10(12)13;2*9-6(10)4-2-1-3-5(8-4)7(11)12;;;;/h2*1-8H,(H2,14,15);2*1-3H,(H,9,10)(H,11,12);;3*1H2/q;;;;+2;;;/p-2. The summed E-state index contributed by atoms with van der Waals surface area (Å²) in [7, 11) is 0. The van der Waals surface area contributed by atoms with Crippen LogP contribution in [0.2, 0.25) is 0 Å². The third kappa shape index (κ3) is 11.7. The van der Waals surface area contributed by atoms with Crippen molar-refractivity contribution in [2.45, 2.75) is 0 Å². The van der Waals surface area contributed by atoms with Gasteiger partial charge in [0.1, 0.15) is 0 Å². The van der Waals surface area contributed by atoms with Crippen molar-refractivity contribution >= 4 is 78.9 Å². The second-order valence-corrected chi connectivity index (χ2v) is 11.2. The molecule has 0 aliphatic heterocycles. The molecule has 4 heterocycles. The summed E-state index contributed by atoms with van der Waals surface area (Å²) in [6.07, 6.45) is 0. The van der Waals surface area contributed by atoms with Gasteiger partial charge in [-0.25, -0.2) is 19.9 Å². The average Bonchev–Trinajstić information content (AvgIpc) is 3.19. The predicted octanol–water partition coefficient (Wildman–Crippen LogP) is -2.08. The fraction of sp³-hybridized carbons (Fsp3) is 0. The molecule has 17 nitrogen and oxygen atoms in total. The monoisotopic (exact) mass is 832 g/mol. The summed E-state index contributed by atoms with van der Waals surface area (Å²) in [5.41, 5.74) is 16.6. The summed E-state index contributed by atoms with van der Waals surface area (Å²) in [6.45, 7) is 0. The van der Waals surface area contributed by atoms with Gasteiger partial charge in [0.25, 0.3) is 0 Å². The first-order chi connectivity index (χ1) is 25.9. The minimum Gasteiger partial charge on any atom is -0.543 e. The van der Waals surface area contributed by atoms with Gasteiger partial charge in [0.2, 0.25) is 22.1 Å². The molecule has 0 aliphatic rings. The van der Waals surface area contributed by atoms with Crippen LogP contribution in [0.5, 0.6) is 0 Å². The summed E-state index contributed by atoms with van der Waals surface area (Å²) in [5, 5.41) is 45.1. The van der Waals surface area contributed by atoms with Crippen molar-refractivity contribution in [1.29, 1.82) is 0 Å². The van der Waals surface area contributed by atoms with Crippen molar-refractivity contribution < 1.29 is 82.5 Å². The Labute approximate surface area is 338 Å². The van der Waals surface area contributed by atoms with Gasteiger partial charge in [-0.1, -0.05) is 60.7 Å². The van der Waals surface area contributed by atoms with Crippen molar-refractivity contribution in [2.75, 3.05) is 11.5 Å². The third-order valence-corrected chi connectivity index (χ3v) is 7.74. The third-order valence-electron chi connectivity index (χ3n) is 7.74. The molecule has 18 heteroatoms. The number of H-pyrrole nitrogens is 2. The molecule has 0 unspecified atom stereocenters. The molecule has 0 amide bonds. The van der Waals surface area contributed by atoms with Gasteiger partial charge in [0, 0.05) is 24.3 Å². The van der Waals surface area contributed by atoms with Gasteiger partial charge < -0.3 is 67.5 Å². The number of nitrogen functional groups attached to an aromatic ring is 2. The normalized spacial score (nSPS) is 9.52. The van der Waals surface area contributed by atoms with E-state index in [0.29, 0.717) is 0 Å². The first-order valence-corrected chi connectivity index (χ1v) is 15.9. The number of carbonyl (C=O) groups excluding carboxylic acids is 4. The number of para-hydroxylation sites is 4. The summed E-state index contributed by atoms with van der Waals surface area (Å²) in [6, 6.07) is 39.4. The van der Waals surface area contributed by atoms with Crippen LogP contribution in [-0.2, 0) is 16.5 Å². The number of aromatic carboxylic acids is 4. The van der Waals surface area contributed by atoms with E-state index in [2.05, 4.69) is 19.9 Å². The smallest absolute Gasteiger partial charge is 0.543 e. The molecule has 0 atom stereocenters. The molecule has 0 fully saturated rings. The number of anilines is 2. The van der Waals surface area contributed by atoms with Crippen LogP contribution in [0, 0.1) is 0 Å². The van der Waals surface area contributed by atoms with Crippen molar-refractivity contribution in [1.82, 2.24) is 9.97 Å². The number of benzene rings is 4. The minimum atomic E-state index is -1.52. The zero-order valence-electron chi connectivity index (χ0n) is 29.8. The number of nitrogens with two attached hydrogens (primary N) is 2. The maximum atomic E-state index is 10.2. The molecule has 0 saturated carbocycles. The molecule has 300 valence electrons. The van der Waals surface area contributed by atoms with Gasteiger partial charge in [-0.15, -0.1) is 0 Å². The van der Waals surface area contributed by atoms with E-state index in [1.165, 1.54) is 12.1 Å². The molecule has 0 aliphatic carbocycles. The summed E-state index contributed by atoms with van der Waals surface area (Å²) >= 11 is 0. The fourth-order valence-corrected chi connectivity index (χ4v) is 5.21. The topological polar surface area (TPSA) is 361 Å². The van der Waals surface area contributed by atoms with Crippen LogP contribution in [0.25, 0.3) is 43.6 Å². The number of carboxylic acid groups (broad SMARTS) is 4. The largest absolute Gasteiger partial charge is 2.00 e. The Bertz CT molecular complexity index is 2350. The number of nitrogens with one attached hydrogen (secondary N) is 2. The van der Waals surface area contributed by atoms with Crippen LogP contribution >= 0.6 is 0 Å². The van der Waals surface area contributed by atoms with E-state index in [4.69, 9.17) is 11.5 Å². The van der Waals surface area contributed by atoms with Crippen molar-refractivity contribution in [3.05, 3.63) is 156 Å². The molecule has 12 N–H and O–H groups in total. The Morgan fingerprint density at radius 3 is 0.793 bits per heavy atom. The molecule has 8 aromatic rings. The molecular formula is C40H34N6NiO11. The average molecular weight is 833 g/mol. The zero-order chi connectivity index (χ0) is 38.8. The van der Waals surface area contributed by atoms with E-state index in [1.54, 1.807) is 0 Å². The van der Waals surface area contributed by atoms with Gasteiger partial charge >= 0.3 is 16.5 Å². The Hall–Kier alpha value is -7.63. The number of fused-ring (bicyclic) bond motifs is 4. The first kappa shape index (κ1) is 48.4. The van der Waals surface area contributed by atoms with Crippen LogP contribution in [0.3, 0.4) is 0 Å². The van der Waals surface area contributed by atoms with Crippen LogP contribution in [0.4, 0.5) is 11.4 Å². The molecule has 0 bridgehead atoms. The van der Waals surface area contributed by atoms with E-state index in [1.807, 2.05) is 97.1 Å². The predicted molar refractivity (Wildman–Crippen MR) is 201 cm³/mol. The Morgan fingerprint density at radius 1 is 0.379 bits per heavy atom. The molecule has 58 heavy (non-hydrogen) atoms. The maximum absolute atomic E-state index is 10.2. The Kier molecular flexibility index (Phi) is 18.4. The number of carboxylic acids is 4. The number of carbonyl (C=O) groups is 4. The van der Waals surface area contributed by atoms with E-state index in [0.717, 1.165) is 79.3 Å². The number of nitrogens with zero attached hydrogens (tertiary/aromatic N) is 2. The molecular weight excluding hydrogens is 799 g/mol. The van der Waals surface area contributed by atoms with Gasteiger partial charge in [-0.3, -0.25) is 0 Å². The Balaban J connectivity index is 0.000000381. The van der Waals surface area contributed by atoms with Gasteiger partial charge in [-0.05, 0) is 48.5 Å². The second kappa shape index (κ2) is 22.1. The van der Waals surface area contributed by atoms with Crippen molar-refractivity contribution in [2.24, 2.45) is 0 Å². The van der Waals surface area contributed by atoms with Gasteiger partial charge in [0.05, 0.1) is 79.6 Å². The van der Waals surface area contributed by atoms with Crippen LogP contribution in [0.1, 0.15) is 42.0 Å². The molecule has 4 aromatic heterocycles. The van der Waals surface area contributed by atoms with Crippen molar-refractivity contribution in [3.63, 3.8) is 0 Å². The van der Waals surface area contributed by atoms with Crippen LogP contribution in [-0.4, -0.2) is 50.3 Å². The van der Waals surface area contributed by atoms with E-state index in [-0.39, 0.29) is 32.9 Å². The SMILES string of the molecule is Nc1c2ccccc2[nH+]c2ccccc12.Nc1c2ccccc2[nH+]c2ccccc12.O.O.O.O=C([O-])c1cccc(C(=O)[O-])n1.O=C([O-])c1cccc(C(=O)[O-])n1.[Ni+2]. The molecule has 0 saturated heterocycles. The number of aromatic amines is 2. The number of hydrogen-bond donors (Lipinski definition) is 2. The molecule has 8 rings (SSSR count). The summed E-state index contributed by atoms with van der Waals surface area (Å²) in [5.74, 6) is -6.06. The van der Waals surface area contributed by atoms with Gasteiger partial charge in [0.15, 0.2) is 0 Å². The minimum absolute atomic E-state index is 0. The van der Waals surface area contributed by atoms with Gasteiger partial charge in [-0.2, -0.15) is 0 Å². The Morgan fingerprint density at radius 2 is 0.586 bits per heavy atom. The van der Waals surface area contributed by atoms with Crippen LogP contribution < -0.4 is 41.9 Å². The number of pyridine rings is 4. The first-order valence-electron chi connectivity index (χ1n) is 15.9. The maximum Gasteiger partial charge on any atom is 2.00 e. The van der Waals surface area contributed by atoms with Crippen molar-refractivity contribution in [3.8, 4) is 0 Å². The number of hydrogen-bond acceptors (Lipinski definition) is 12. The molecule has 0 radical (unpaired) electrons. The quantitative estimate of drug-likeness (QED) is 0.143. The second-order valence-electron chi connectivity index (χ2n) is 11.2. The number of rotatable bonds is 4. The fourth-order valence-electron chi connectivity index (χ4n) is 5.21. The van der Waals surface area contributed by atoms with E-state index in [9.17, 15) is 39.6 Å². The van der Waals surface area contributed by atoms with Crippen LogP contribution in [0.15, 0.2) is 133 Å². The number of aromatic nitrogens is 4. The molecule has 4 aromatic carbocycles. The summed E-state index contributed by atoms with van der Waals surface area (Å²) in [4.78, 5) is 54.0.